The van der Waals surface area contributed by atoms with Crippen molar-refractivity contribution in [3.05, 3.63) is 46.5 Å². The number of primary amides is 1. The average Bonchev–Trinajstić information content (AvgIpc) is 3.00. The van der Waals surface area contributed by atoms with Gasteiger partial charge in [-0.2, -0.15) is 0 Å². The minimum Gasteiger partial charge on any atom is -0.369 e. The average molecular weight is 388 g/mol. The van der Waals surface area contributed by atoms with Crippen molar-refractivity contribution in [3.63, 3.8) is 0 Å². The van der Waals surface area contributed by atoms with Crippen LogP contribution in [0.2, 0.25) is 0 Å². The molecular formula is C19H24N4O3S. The Labute approximate surface area is 162 Å². The lowest BCUT2D eigenvalue weighted by atomic mass is 9.87. The predicted octanol–water partition coefficient (Wildman–Crippen LogP) is 2.23. The van der Waals surface area contributed by atoms with Crippen molar-refractivity contribution in [2.75, 3.05) is 11.9 Å². The summed E-state index contributed by atoms with van der Waals surface area (Å²) in [6.45, 7) is 6.55. The van der Waals surface area contributed by atoms with E-state index in [9.17, 15) is 14.4 Å². The molecule has 8 heteroatoms. The minimum atomic E-state index is -0.476. The summed E-state index contributed by atoms with van der Waals surface area (Å²) in [4.78, 5) is 39.0. The maximum Gasteiger partial charge on any atom is 0.251 e. The van der Waals surface area contributed by atoms with Crippen LogP contribution >= 0.6 is 11.3 Å². The van der Waals surface area contributed by atoms with E-state index < -0.39 is 5.91 Å². The van der Waals surface area contributed by atoms with Gasteiger partial charge in [0, 0.05) is 23.9 Å². The normalized spacial score (nSPS) is 11.1. The quantitative estimate of drug-likeness (QED) is 0.675. The van der Waals surface area contributed by atoms with Crippen molar-refractivity contribution >= 4 is 34.2 Å². The van der Waals surface area contributed by atoms with Crippen LogP contribution in [0.25, 0.3) is 0 Å². The first kappa shape index (κ1) is 20.6. The summed E-state index contributed by atoms with van der Waals surface area (Å²) >= 11 is 1.22. The van der Waals surface area contributed by atoms with Gasteiger partial charge in [-0.05, 0) is 23.1 Å². The first-order valence-electron chi connectivity index (χ1n) is 8.56. The van der Waals surface area contributed by atoms with Gasteiger partial charge in [0.15, 0.2) is 5.13 Å². The third-order valence-corrected chi connectivity index (χ3v) is 4.61. The molecule has 1 heterocycles. The summed E-state index contributed by atoms with van der Waals surface area (Å²) in [5, 5.41) is 7.44. The second-order valence-electron chi connectivity index (χ2n) is 7.17. The zero-order valence-electron chi connectivity index (χ0n) is 15.7. The molecule has 7 nitrogen and oxygen atoms in total. The number of nitrogens with two attached hydrogens (primary N) is 1. The van der Waals surface area contributed by atoms with E-state index in [2.05, 4.69) is 36.4 Å². The van der Waals surface area contributed by atoms with E-state index in [0.29, 0.717) is 16.4 Å². The summed E-state index contributed by atoms with van der Waals surface area (Å²) in [6.07, 6.45) is 0.160. The van der Waals surface area contributed by atoms with Gasteiger partial charge in [0.2, 0.25) is 11.8 Å². The third kappa shape index (κ3) is 6.49. The molecule has 2 rings (SSSR count). The second-order valence-corrected chi connectivity index (χ2v) is 8.03. The number of nitrogens with one attached hydrogen (secondary N) is 2. The van der Waals surface area contributed by atoms with Crippen LogP contribution < -0.4 is 16.4 Å². The van der Waals surface area contributed by atoms with E-state index >= 15 is 0 Å². The first-order valence-corrected chi connectivity index (χ1v) is 9.44. The topological polar surface area (TPSA) is 114 Å². The molecule has 0 aliphatic carbocycles. The molecule has 1 aromatic heterocycles. The maximum atomic E-state index is 12.2. The highest BCUT2D eigenvalue weighted by atomic mass is 32.1. The van der Waals surface area contributed by atoms with Crippen molar-refractivity contribution in [1.29, 1.82) is 0 Å². The number of amides is 3. The number of rotatable bonds is 7. The van der Waals surface area contributed by atoms with Crippen molar-refractivity contribution in [2.24, 2.45) is 5.73 Å². The summed E-state index contributed by atoms with van der Waals surface area (Å²) in [6, 6.07) is 7.44. The van der Waals surface area contributed by atoms with Crippen LogP contribution in [-0.4, -0.2) is 29.3 Å². The lowest BCUT2D eigenvalue weighted by Gasteiger charge is -2.19. The predicted molar refractivity (Wildman–Crippen MR) is 106 cm³/mol. The van der Waals surface area contributed by atoms with Crippen molar-refractivity contribution in [1.82, 2.24) is 10.3 Å². The molecule has 0 saturated heterocycles. The fraction of sp³-hybridized carbons (Fsp3) is 0.368. The van der Waals surface area contributed by atoms with Gasteiger partial charge < -0.3 is 16.4 Å². The Morgan fingerprint density at radius 3 is 2.41 bits per heavy atom. The molecular weight excluding hydrogens is 364 g/mol. The second kappa shape index (κ2) is 8.77. The van der Waals surface area contributed by atoms with Crippen molar-refractivity contribution in [2.45, 2.75) is 39.0 Å². The van der Waals surface area contributed by atoms with E-state index in [4.69, 9.17) is 5.73 Å². The van der Waals surface area contributed by atoms with Gasteiger partial charge in [-0.3, -0.25) is 14.4 Å². The number of thiazole rings is 1. The molecule has 0 aliphatic rings. The van der Waals surface area contributed by atoms with Gasteiger partial charge in [0.25, 0.3) is 5.91 Å². The molecule has 0 bridgehead atoms. The Kier molecular flexibility index (Phi) is 6.68. The molecule has 1 aromatic carbocycles. The Morgan fingerprint density at radius 1 is 1.15 bits per heavy atom. The van der Waals surface area contributed by atoms with Crippen LogP contribution in [0.5, 0.6) is 0 Å². The van der Waals surface area contributed by atoms with Crippen molar-refractivity contribution in [3.8, 4) is 0 Å². The highest BCUT2D eigenvalue weighted by molar-refractivity contribution is 7.13. The molecule has 27 heavy (non-hydrogen) atoms. The number of nitrogens with zero attached hydrogens (tertiary/aromatic N) is 1. The molecule has 0 saturated carbocycles. The number of carbonyl (C=O) groups excluding carboxylic acids is 3. The SMILES string of the molecule is CC(C)(C)c1ccc(C(=O)NCCC(=O)Nc2nc(CC(N)=O)cs2)cc1. The van der Waals surface area contributed by atoms with Gasteiger partial charge in [0.1, 0.15) is 0 Å². The Hall–Kier alpha value is -2.74. The van der Waals surface area contributed by atoms with E-state index in [0.717, 1.165) is 5.56 Å². The van der Waals surface area contributed by atoms with Crippen LogP contribution in [0.4, 0.5) is 5.13 Å². The minimum absolute atomic E-state index is 0.0280. The largest absolute Gasteiger partial charge is 0.369 e. The number of aromatic nitrogens is 1. The van der Waals surface area contributed by atoms with Crippen LogP contribution in [-0.2, 0) is 21.4 Å². The van der Waals surface area contributed by atoms with Crippen LogP contribution in [0.3, 0.4) is 0 Å². The number of anilines is 1. The van der Waals surface area contributed by atoms with Gasteiger partial charge >= 0.3 is 0 Å². The standard InChI is InChI=1S/C19H24N4O3S/c1-19(2,3)13-6-4-12(5-7-13)17(26)21-9-8-16(25)23-18-22-14(11-27-18)10-15(20)24/h4-7,11H,8-10H2,1-3H3,(H2,20,24)(H,21,26)(H,22,23,25). The van der Waals surface area contributed by atoms with Gasteiger partial charge in [0.05, 0.1) is 12.1 Å². The highest BCUT2D eigenvalue weighted by Gasteiger charge is 2.14. The molecule has 0 unspecified atom stereocenters. The molecule has 144 valence electrons. The molecule has 2 aromatic rings. The van der Waals surface area contributed by atoms with Gasteiger partial charge in [-0.15, -0.1) is 11.3 Å². The van der Waals surface area contributed by atoms with Crippen LogP contribution in [0.15, 0.2) is 29.6 Å². The van der Waals surface area contributed by atoms with Crippen LogP contribution in [0, 0.1) is 0 Å². The lowest BCUT2D eigenvalue weighted by molar-refractivity contribution is -0.117. The molecule has 0 radical (unpaired) electrons. The zero-order chi connectivity index (χ0) is 20.0. The fourth-order valence-electron chi connectivity index (χ4n) is 2.32. The molecule has 0 aliphatic heterocycles. The molecule has 0 atom stereocenters. The molecule has 4 N–H and O–H groups in total. The Bertz CT molecular complexity index is 822. The number of hydrogen-bond donors (Lipinski definition) is 3. The smallest absolute Gasteiger partial charge is 0.251 e. The highest BCUT2D eigenvalue weighted by Crippen LogP contribution is 2.22. The monoisotopic (exact) mass is 388 g/mol. The Balaban J connectivity index is 1.78. The van der Waals surface area contributed by atoms with Crippen molar-refractivity contribution < 1.29 is 14.4 Å². The molecule has 0 spiro atoms. The number of carbonyl (C=O) groups is 3. The Morgan fingerprint density at radius 2 is 1.81 bits per heavy atom. The summed E-state index contributed by atoms with van der Waals surface area (Å²) in [5.74, 6) is -0.962. The van der Waals surface area contributed by atoms with Crippen LogP contribution in [0.1, 0.15) is 48.8 Å². The summed E-state index contributed by atoms with van der Waals surface area (Å²) in [7, 11) is 0. The van der Waals surface area contributed by atoms with E-state index in [1.165, 1.54) is 11.3 Å². The molecule has 0 fully saturated rings. The van der Waals surface area contributed by atoms with E-state index in [1.54, 1.807) is 17.5 Å². The first-order chi connectivity index (χ1) is 12.6. The van der Waals surface area contributed by atoms with E-state index in [-0.39, 0.29) is 36.6 Å². The van der Waals surface area contributed by atoms with Gasteiger partial charge in [-0.1, -0.05) is 32.9 Å². The van der Waals surface area contributed by atoms with Gasteiger partial charge in [-0.25, -0.2) is 4.98 Å². The maximum absolute atomic E-state index is 12.2. The lowest BCUT2D eigenvalue weighted by Crippen LogP contribution is -2.27. The summed E-state index contributed by atoms with van der Waals surface area (Å²) < 4.78 is 0. The molecule has 3 amide bonds. The zero-order valence-corrected chi connectivity index (χ0v) is 16.5. The number of benzene rings is 1. The number of hydrogen-bond acceptors (Lipinski definition) is 5. The third-order valence-electron chi connectivity index (χ3n) is 3.80. The summed E-state index contributed by atoms with van der Waals surface area (Å²) in [5.41, 5.74) is 7.36. The van der Waals surface area contributed by atoms with E-state index in [1.807, 2.05) is 12.1 Å². The fourth-order valence-corrected chi connectivity index (χ4v) is 3.05.